The van der Waals surface area contributed by atoms with Gasteiger partial charge >= 0.3 is 5.97 Å². The Labute approximate surface area is 109 Å². The van der Waals surface area contributed by atoms with Crippen molar-refractivity contribution in [2.45, 2.75) is 57.2 Å². The molecule has 4 nitrogen and oxygen atoms in total. The number of hydrogen-bond donors (Lipinski definition) is 1. The minimum atomic E-state index is -0.104. The van der Waals surface area contributed by atoms with Gasteiger partial charge in [-0.3, -0.25) is 4.79 Å². The Kier molecular flexibility index (Phi) is 4.62. The molecule has 0 radical (unpaired) electrons. The summed E-state index contributed by atoms with van der Waals surface area (Å²) >= 11 is 0. The third-order valence-electron chi connectivity index (χ3n) is 4.35. The van der Waals surface area contributed by atoms with Crippen molar-refractivity contribution in [2.75, 3.05) is 20.2 Å². The minimum absolute atomic E-state index is 0.0376. The standard InChI is InChI=1S/C14H25NO3/c1-3-4-11(13(16)17-2)12-5-6-14(18-12)7-9-15-10-8-14/h11-12,15H,3-10H2,1-2H3. The molecule has 1 N–H and O–H groups in total. The van der Waals surface area contributed by atoms with Crippen molar-refractivity contribution in [3.05, 3.63) is 0 Å². The van der Waals surface area contributed by atoms with Crippen LogP contribution in [0.4, 0.5) is 0 Å². The highest BCUT2D eigenvalue weighted by Gasteiger charge is 2.45. The quantitative estimate of drug-likeness (QED) is 0.779. The zero-order valence-electron chi connectivity index (χ0n) is 11.5. The second-order valence-electron chi connectivity index (χ2n) is 5.55. The number of rotatable bonds is 4. The molecule has 2 aliphatic heterocycles. The predicted octanol–water partition coefficient (Wildman–Crippen LogP) is 1.88. The van der Waals surface area contributed by atoms with E-state index in [-0.39, 0.29) is 23.6 Å². The molecule has 2 atom stereocenters. The summed E-state index contributed by atoms with van der Waals surface area (Å²) in [7, 11) is 1.47. The van der Waals surface area contributed by atoms with Crippen LogP contribution in [0, 0.1) is 5.92 Å². The van der Waals surface area contributed by atoms with Gasteiger partial charge in [-0.1, -0.05) is 13.3 Å². The first-order valence-electron chi connectivity index (χ1n) is 7.17. The van der Waals surface area contributed by atoms with Crippen LogP contribution in [-0.4, -0.2) is 37.9 Å². The van der Waals surface area contributed by atoms with Crippen molar-refractivity contribution in [3.63, 3.8) is 0 Å². The van der Waals surface area contributed by atoms with Gasteiger partial charge in [0.25, 0.3) is 0 Å². The van der Waals surface area contributed by atoms with Crippen molar-refractivity contribution < 1.29 is 14.3 Å². The highest BCUT2D eigenvalue weighted by Crippen LogP contribution is 2.40. The van der Waals surface area contributed by atoms with Gasteiger partial charge in [0.05, 0.1) is 24.7 Å². The fraction of sp³-hybridized carbons (Fsp3) is 0.929. The van der Waals surface area contributed by atoms with Crippen LogP contribution < -0.4 is 5.32 Å². The normalized spacial score (nSPS) is 28.2. The second kappa shape index (κ2) is 6.02. The highest BCUT2D eigenvalue weighted by molar-refractivity contribution is 5.73. The van der Waals surface area contributed by atoms with Crippen molar-refractivity contribution in [3.8, 4) is 0 Å². The Morgan fingerprint density at radius 2 is 2.17 bits per heavy atom. The summed E-state index contributed by atoms with van der Waals surface area (Å²) in [6, 6.07) is 0. The highest BCUT2D eigenvalue weighted by atomic mass is 16.5. The van der Waals surface area contributed by atoms with Crippen LogP contribution in [0.2, 0.25) is 0 Å². The number of esters is 1. The van der Waals surface area contributed by atoms with Gasteiger partial charge in [0.2, 0.25) is 0 Å². The molecule has 104 valence electrons. The molecule has 4 heteroatoms. The molecule has 0 aromatic heterocycles. The molecule has 2 heterocycles. The third-order valence-corrected chi connectivity index (χ3v) is 4.35. The Bertz CT molecular complexity index is 287. The van der Waals surface area contributed by atoms with E-state index >= 15 is 0 Å². The van der Waals surface area contributed by atoms with Crippen LogP contribution in [0.25, 0.3) is 0 Å². The van der Waals surface area contributed by atoms with Gasteiger partial charge in [-0.15, -0.1) is 0 Å². The summed E-state index contributed by atoms with van der Waals surface area (Å²) in [5.74, 6) is -0.179. The summed E-state index contributed by atoms with van der Waals surface area (Å²) < 4.78 is 11.2. The molecule has 2 fully saturated rings. The zero-order valence-corrected chi connectivity index (χ0v) is 11.5. The van der Waals surface area contributed by atoms with Crippen LogP contribution in [0.15, 0.2) is 0 Å². The van der Waals surface area contributed by atoms with E-state index < -0.39 is 0 Å². The van der Waals surface area contributed by atoms with E-state index in [1.165, 1.54) is 7.11 Å². The summed E-state index contributed by atoms with van der Waals surface area (Å²) in [5.41, 5.74) is 0.0376. The minimum Gasteiger partial charge on any atom is -0.469 e. The lowest BCUT2D eigenvalue weighted by molar-refractivity contribution is -0.155. The molecule has 2 rings (SSSR count). The third kappa shape index (κ3) is 2.86. The Morgan fingerprint density at radius 3 is 2.78 bits per heavy atom. The SMILES string of the molecule is CCCC(C(=O)OC)C1CCC2(CCNCC2)O1. The molecule has 2 aliphatic rings. The molecule has 1 spiro atoms. The van der Waals surface area contributed by atoms with Crippen LogP contribution >= 0.6 is 0 Å². The molecule has 2 saturated heterocycles. The number of ether oxygens (including phenoxy) is 2. The maximum absolute atomic E-state index is 11.8. The summed E-state index contributed by atoms with van der Waals surface area (Å²) in [6.45, 7) is 4.16. The van der Waals surface area contributed by atoms with E-state index in [1.807, 2.05) is 0 Å². The van der Waals surface area contributed by atoms with Crippen LogP contribution in [0.5, 0.6) is 0 Å². The lowest BCUT2D eigenvalue weighted by atomic mass is 9.88. The monoisotopic (exact) mass is 255 g/mol. The first kappa shape index (κ1) is 13.8. The summed E-state index contributed by atoms with van der Waals surface area (Å²) in [4.78, 5) is 11.8. The largest absolute Gasteiger partial charge is 0.469 e. The number of carbonyl (C=O) groups is 1. The van der Waals surface area contributed by atoms with E-state index in [2.05, 4.69) is 12.2 Å². The lowest BCUT2D eigenvalue weighted by Crippen LogP contribution is -2.43. The number of nitrogens with one attached hydrogen (secondary N) is 1. The van der Waals surface area contributed by atoms with E-state index in [0.717, 1.165) is 51.6 Å². The topological polar surface area (TPSA) is 47.6 Å². The van der Waals surface area contributed by atoms with Crippen LogP contribution in [0.1, 0.15) is 45.4 Å². The van der Waals surface area contributed by atoms with Gasteiger partial charge in [0, 0.05) is 0 Å². The molecule has 0 aromatic rings. The molecule has 0 amide bonds. The lowest BCUT2D eigenvalue weighted by Gasteiger charge is -2.34. The fourth-order valence-electron chi connectivity index (χ4n) is 3.30. The molecular weight excluding hydrogens is 230 g/mol. The van der Waals surface area contributed by atoms with Crippen LogP contribution in [0.3, 0.4) is 0 Å². The van der Waals surface area contributed by atoms with Crippen LogP contribution in [-0.2, 0) is 14.3 Å². The average Bonchev–Trinajstić information content (AvgIpc) is 2.79. The molecule has 0 saturated carbocycles. The number of methoxy groups -OCH3 is 1. The summed E-state index contributed by atoms with van der Waals surface area (Å²) in [5, 5.41) is 3.37. The zero-order chi connectivity index (χ0) is 13.0. The van der Waals surface area contributed by atoms with Crippen molar-refractivity contribution in [2.24, 2.45) is 5.92 Å². The first-order chi connectivity index (χ1) is 8.71. The maximum Gasteiger partial charge on any atom is 0.311 e. The Hall–Kier alpha value is -0.610. The first-order valence-corrected chi connectivity index (χ1v) is 7.17. The van der Waals surface area contributed by atoms with E-state index in [9.17, 15) is 4.79 Å². The van der Waals surface area contributed by atoms with Gasteiger partial charge in [-0.2, -0.15) is 0 Å². The molecular formula is C14H25NO3. The van der Waals surface area contributed by atoms with Crippen molar-refractivity contribution in [1.29, 1.82) is 0 Å². The van der Waals surface area contributed by atoms with E-state index in [1.54, 1.807) is 0 Å². The van der Waals surface area contributed by atoms with Gasteiger partial charge in [-0.05, 0) is 45.2 Å². The number of carbonyl (C=O) groups excluding carboxylic acids is 1. The fourth-order valence-corrected chi connectivity index (χ4v) is 3.30. The second-order valence-corrected chi connectivity index (χ2v) is 5.55. The predicted molar refractivity (Wildman–Crippen MR) is 69.4 cm³/mol. The molecule has 0 bridgehead atoms. The smallest absolute Gasteiger partial charge is 0.311 e. The van der Waals surface area contributed by atoms with Crippen molar-refractivity contribution in [1.82, 2.24) is 5.32 Å². The van der Waals surface area contributed by atoms with Gasteiger partial charge in [0.15, 0.2) is 0 Å². The molecule has 0 aromatic carbocycles. The van der Waals surface area contributed by atoms with Crippen molar-refractivity contribution >= 4 is 5.97 Å². The summed E-state index contributed by atoms with van der Waals surface area (Å²) in [6.07, 6.45) is 6.17. The molecule has 0 aliphatic carbocycles. The van der Waals surface area contributed by atoms with E-state index in [4.69, 9.17) is 9.47 Å². The van der Waals surface area contributed by atoms with Gasteiger partial charge in [-0.25, -0.2) is 0 Å². The molecule has 18 heavy (non-hydrogen) atoms. The average molecular weight is 255 g/mol. The number of hydrogen-bond acceptors (Lipinski definition) is 4. The Morgan fingerprint density at radius 1 is 1.44 bits per heavy atom. The molecule has 2 unspecified atom stereocenters. The van der Waals surface area contributed by atoms with Gasteiger partial charge in [0.1, 0.15) is 0 Å². The number of piperidine rings is 1. The maximum atomic E-state index is 11.8. The Balaban J connectivity index is 1.98. The van der Waals surface area contributed by atoms with E-state index in [0.29, 0.717) is 0 Å². The van der Waals surface area contributed by atoms with Gasteiger partial charge < -0.3 is 14.8 Å².